The van der Waals surface area contributed by atoms with Crippen LogP contribution in [0.4, 0.5) is 0 Å². The van der Waals surface area contributed by atoms with Gasteiger partial charge in [0.25, 0.3) is 0 Å². The number of hydrogen-bond donors (Lipinski definition) is 3. The van der Waals surface area contributed by atoms with Gasteiger partial charge in [0.05, 0.1) is 18.8 Å². The van der Waals surface area contributed by atoms with Crippen molar-refractivity contribution in [1.29, 1.82) is 0 Å². The Labute approximate surface area is 344 Å². The average molecular weight is 772 g/mol. The van der Waals surface area contributed by atoms with Crippen LogP contribution in [0.5, 0.6) is 0 Å². The van der Waals surface area contributed by atoms with Gasteiger partial charge in [0.1, 0.15) is 0 Å². The topological polar surface area (TPSA) is 69.6 Å². The van der Waals surface area contributed by atoms with Gasteiger partial charge in [-0.25, -0.2) is 0 Å². The highest BCUT2D eigenvalue weighted by molar-refractivity contribution is 5.76. The zero-order valence-corrected chi connectivity index (χ0v) is 37.2. The van der Waals surface area contributed by atoms with Gasteiger partial charge in [0.2, 0.25) is 5.91 Å². The lowest BCUT2D eigenvalue weighted by Gasteiger charge is -2.19. The molecule has 0 fully saturated rings. The molecular weight excluding hydrogens is 675 g/mol. The lowest BCUT2D eigenvalue weighted by atomic mass is 10.0. The van der Waals surface area contributed by atoms with Crippen LogP contribution in [-0.2, 0) is 4.79 Å². The number of rotatable bonds is 45. The normalized spacial score (nSPS) is 13.2. The average Bonchev–Trinajstić information content (AvgIpc) is 3.19. The number of carbonyl (C=O) groups is 1. The highest BCUT2D eigenvalue weighted by atomic mass is 16.3. The van der Waals surface area contributed by atoms with E-state index < -0.39 is 12.1 Å². The van der Waals surface area contributed by atoms with E-state index in [1.165, 1.54) is 199 Å². The Kier molecular flexibility index (Phi) is 45.8. The van der Waals surface area contributed by atoms with Gasteiger partial charge in [-0.15, -0.1) is 0 Å². The standard InChI is InChI=1S/C51H97NO3/c1-3-5-7-9-11-13-15-17-19-20-21-22-23-24-25-26-27-28-29-30-31-32-33-34-36-38-40-42-44-46-50(54)49(48-53)52-51(55)47-45-43-41-39-37-35-18-16-14-12-10-8-6-4-2/h16,18,36,38,44,46,49-50,53-54H,3-15,17,19-35,37,39-43,45,47-48H2,1-2H3,(H,52,55)/b18-16-,38-36+,46-44+. The monoisotopic (exact) mass is 772 g/mol. The Morgan fingerprint density at radius 1 is 0.418 bits per heavy atom. The summed E-state index contributed by atoms with van der Waals surface area (Å²) >= 11 is 0. The molecule has 55 heavy (non-hydrogen) atoms. The van der Waals surface area contributed by atoms with Gasteiger partial charge in [-0.05, 0) is 57.8 Å². The Morgan fingerprint density at radius 2 is 0.709 bits per heavy atom. The Morgan fingerprint density at radius 3 is 1.05 bits per heavy atom. The maximum absolute atomic E-state index is 12.4. The summed E-state index contributed by atoms with van der Waals surface area (Å²) in [5.41, 5.74) is 0. The second-order valence-electron chi connectivity index (χ2n) is 16.9. The molecule has 4 nitrogen and oxygen atoms in total. The van der Waals surface area contributed by atoms with Crippen molar-refractivity contribution in [1.82, 2.24) is 5.32 Å². The third-order valence-electron chi connectivity index (χ3n) is 11.3. The van der Waals surface area contributed by atoms with Crippen LogP contribution in [0.15, 0.2) is 36.5 Å². The Bertz CT molecular complexity index is 836. The summed E-state index contributed by atoms with van der Waals surface area (Å²) in [6, 6.07) is -0.642. The second-order valence-corrected chi connectivity index (χ2v) is 16.9. The molecule has 0 bridgehead atoms. The Hall–Kier alpha value is -1.39. The third-order valence-corrected chi connectivity index (χ3v) is 11.3. The fraction of sp³-hybridized carbons (Fsp3) is 0.863. The van der Waals surface area contributed by atoms with E-state index in [-0.39, 0.29) is 12.5 Å². The van der Waals surface area contributed by atoms with Gasteiger partial charge in [-0.1, -0.05) is 237 Å². The van der Waals surface area contributed by atoms with Gasteiger partial charge in [-0.2, -0.15) is 0 Å². The molecule has 0 heterocycles. The molecule has 0 aliphatic carbocycles. The van der Waals surface area contributed by atoms with Crippen LogP contribution in [0.1, 0.15) is 264 Å². The molecule has 0 rings (SSSR count). The molecule has 0 aliphatic heterocycles. The number of aliphatic hydroxyl groups excluding tert-OH is 2. The summed E-state index contributed by atoms with van der Waals surface area (Å²) in [6.07, 6.45) is 62.9. The van der Waals surface area contributed by atoms with Crippen LogP contribution in [0.2, 0.25) is 0 Å². The van der Waals surface area contributed by atoms with Crippen LogP contribution in [-0.4, -0.2) is 34.9 Å². The molecule has 0 saturated carbocycles. The zero-order valence-electron chi connectivity index (χ0n) is 37.2. The lowest BCUT2D eigenvalue weighted by molar-refractivity contribution is -0.123. The van der Waals surface area contributed by atoms with E-state index in [2.05, 4.69) is 43.5 Å². The molecule has 0 radical (unpaired) electrons. The maximum atomic E-state index is 12.4. The number of hydrogen-bond acceptors (Lipinski definition) is 3. The molecule has 0 saturated heterocycles. The summed E-state index contributed by atoms with van der Waals surface area (Å²) in [4.78, 5) is 12.4. The summed E-state index contributed by atoms with van der Waals surface area (Å²) < 4.78 is 0. The van der Waals surface area contributed by atoms with E-state index in [1.807, 2.05) is 6.08 Å². The van der Waals surface area contributed by atoms with E-state index >= 15 is 0 Å². The van der Waals surface area contributed by atoms with Crippen molar-refractivity contribution >= 4 is 5.91 Å². The van der Waals surface area contributed by atoms with Crippen LogP contribution >= 0.6 is 0 Å². The molecule has 0 aromatic carbocycles. The third kappa shape index (κ3) is 43.6. The molecule has 3 N–H and O–H groups in total. The predicted molar refractivity (Wildman–Crippen MR) is 244 cm³/mol. The van der Waals surface area contributed by atoms with Crippen molar-refractivity contribution in [2.75, 3.05) is 6.61 Å². The number of amides is 1. The first-order valence-corrected chi connectivity index (χ1v) is 24.7. The number of aliphatic hydroxyl groups is 2. The van der Waals surface area contributed by atoms with Crippen molar-refractivity contribution in [3.05, 3.63) is 36.5 Å². The molecule has 1 amide bonds. The van der Waals surface area contributed by atoms with E-state index in [0.29, 0.717) is 6.42 Å². The van der Waals surface area contributed by atoms with Crippen molar-refractivity contribution in [3.63, 3.8) is 0 Å². The van der Waals surface area contributed by atoms with Gasteiger partial charge < -0.3 is 15.5 Å². The van der Waals surface area contributed by atoms with Crippen molar-refractivity contribution < 1.29 is 15.0 Å². The summed E-state index contributed by atoms with van der Waals surface area (Å²) in [5.74, 6) is -0.0816. The quantitative estimate of drug-likeness (QED) is 0.0426. The van der Waals surface area contributed by atoms with Gasteiger partial charge >= 0.3 is 0 Å². The van der Waals surface area contributed by atoms with Crippen LogP contribution in [0.25, 0.3) is 0 Å². The number of carbonyl (C=O) groups excluding carboxylic acids is 1. The second kappa shape index (κ2) is 47.0. The fourth-order valence-electron chi connectivity index (χ4n) is 7.54. The summed E-state index contributed by atoms with van der Waals surface area (Å²) in [6.45, 7) is 4.30. The van der Waals surface area contributed by atoms with E-state index in [0.717, 1.165) is 44.9 Å². The molecule has 4 heteroatoms. The van der Waals surface area contributed by atoms with Crippen LogP contribution in [0.3, 0.4) is 0 Å². The molecule has 0 aromatic rings. The fourth-order valence-corrected chi connectivity index (χ4v) is 7.54. The largest absolute Gasteiger partial charge is 0.394 e. The van der Waals surface area contributed by atoms with Gasteiger partial charge in [0.15, 0.2) is 0 Å². The van der Waals surface area contributed by atoms with E-state index in [4.69, 9.17) is 0 Å². The molecular formula is C51H97NO3. The van der Waals surface area contributed by atoms with E-state index in [1.54, 1.807) is 6.08 Å². The maximum Gasteiger partial charge on any atom is 0.220 e. The zero-order chi connectivity index (χ0) is 40.0. The smallest absolute Gasteiger partial charge is 0.220 e. The summed E-state index contributed by atoms with van der Waals surface area (Å²) in [7, 11) is 0. The van der Waals surface area contributed by atoms with Crippen molar-refractivity contribution in [2.45, 2.75) is 276 Å². The number of allylic oxidation sites excluding steroid dienone is 5. The molecule has 0 spiro atoms. The van der Waals surface area contributed by atoms with Crippen molar-refractivity contribution in [3.8, 4) is 0 Å². The molecule has 0 aliphatic rings. The first kappa shape index (κ1) is 53.6. The highest BCUT2D eigenvalue weighted by Gasteiger charge is 2.17. The molecule has 2 atom stereocenters. The first-order valence-electron chi connectivity index (χ1n) is 24.7. The Balaban J connectivity index is 3.52. The van der Waals surface area contributed by atoms with Crippen LogP contribution in [0, 0.1) is 0 Å². The van der Waals surface area contributed by atoms with Crippen LogP contribution < -0.4 is 5.32 Å². The minimum atomic E-state index is -0.865. The minimum Gasteiger partial charge on any atom is -0.394 e. The SMILES string of the molecule is CCCCCCC/C=C\CCCCCCCC(=O)NC(CO)C(O)/C=C/CC/C=C/CCCCCCCCCCCCCCCCCCCCCCCCC. The number of unbranched alkanes of at least 4 members (excludes halogenated alkanes) is 34. The van der Waals surface area contributed by atoms with Gasteiger partial charge in [-0.3, -0.25) is 4.79 Å². The first-order chi connectivity index (χ1) is 27.2. The lowest BCUT2D eigenvalue weighted by Crippen LogP contribution is -2.45. The van der Waals surface area contributed by atoms with E-state index in [9.17, 15) is 15.0 Å². The molecule has 324 valence electrons. The van der Waals surface area contributed by atoms with Crippen molar-refractivity contribution in [2.24, 2.45) is 0 Å². The van der Waals surface area contributed by atoms with Gasteiger partial charge in [0, 0.05) is 6.42 Å². The number of nitrogens with one attached hydrogen (secondary N) is 1. The predicted octanol–water partition coefficient (Wildman–Crippen LogP) is 15.7. The highest BCUT2D eigenvalue weighted by Crippen LogP contribution is 2.16. The molecule has 0 aromatic heterocycles. The summed E-state index contributed by atoms with van der Waals surface area (Å²) in [5, 5.41) is 23.0. The molecule has 2 unspecified atom stereocenters. The minimum absolute atomic E-state index is 0.0816.